The van der Waals surface area contributed by atoms with E-state index >= 15 is 0 Å². The Morgan fingerprint density at radius 1 is 1.12 bits per heavy atom. The van der Waals surface area contributed by atoms with Crippen molar-refractivity contribution >= 4 is 45.8 Å². The summed E-state index contributed by atoms with van der Waals surface area (Å²) in [5.74, 6) is 1.08. The smallest absolute Gasteiger partial charge is 0.139 e. The molecule has 4 nitrogen and oxygen atoms in total. The van der Waals surface area contributed by atoms with E-state index in [1.165, 1.54) is 24.2 Å². The summed E-state index contributed by atoms with van der Waals surface area (Å²) < 4.78 is 0. The van der Waals surface area contributed by atoms with Gasteiger partial charge in [-0.1, -0.05) is 18.5 Å². The number of aliphatic imine (C=N–C) groups is 1. The van der Waals surface area contributed by atoms with Crippen molar-refractivity contribution in [1.82, 2.24) is 9.80 Å². The van der Waals surface area contributed by atoms with Gasteiger partial charge in [-0.2, -0.15) is 0 Å². The van der Waals surface area contributed by atoms with Crippen molar-refractivity contribution in [1.29, 1.82) is 0 Å². The first-order valence-corrected chi connectivity index (χ1v) is 10.2. The lowest BCUT2D eigenvalue weighted by atomic mass is 10.2. The van der Waals surface area contributed by atoms with Crippen LogP contribution >= 0.6 is 22.9 Å². The Balaban J connectivity index is 1.72. The predicted octanol–water partition coefficient (Wildman–Crippen LogP) is 4.59. The maximum absolute atomic E-state index is 6.24. The molecule has 1 aromatic carbocycles. The van der Waals surface area contributed by atoms with Crippen LogP contribution in [-0.2, 0) is 0 Å². The fourth-order valence-corrected chi connectivity index (χ4v) is 4.64. The molecule has 3 heterocycles. The number of thiophene rings is 1. The Bertz CT molecular complexity index is 792. The molecular formula is C19H23ClN4S. The van der Waals surface area contributed by atoms with Crippen molar-refractivity contribution < 1.29 is 0 Å². The minimum atomic E-state index is 0.729. The summed E-state index contributed by atoms with van der Waals surface area (Å²) in [5.41, 5.74) is 4.50. The van der Waals surface area contributed by atoms with Crippen LogP contribution in [0.25, 0.3) is 0 Å². The van der Waals surface area contributed by atoms with E-state index < -0.39 is 0 Å². The molecule has 6 heteroatoms. The number of nitrogens with zero attached hydrogens (tertiary/aromatic N) is 4. The van der Waals surface area contributed by atoms with Crippen molar-refractivity contribution in [2.75, 3.05) is 44.7 Å². The maximum atomic E-state index is 6.24. The summed E-state index contributed by atoms with van der Waals surface area (Å²) >= 11 is 7.98. The molecule has 0 bridgehead atoms. The number of halogens is 1. The highest BCUT2D eigenvalue weighted by molar-refractivity contribution is 7.08. The molecule has 1 aromatic heterocycles. The fourth-order valence-electron chi connectivity index (χ4n) is 3.63. The van der Waals surface area contributed by atoms with E-state index in [4.69, 9.17) is 16.6 Å². The Hall–Kier alpha value is -1.56. The van der Waals surface area contributed by atoms with E-state index in [1.807, 2.05) is 12.1 Å². The van der Waals surface area contributed by atoms with Gasteiger partial charge in [0.25, 0.3) is 0 Å². The molecule has 0 spiro atoms. The number of hydrogen-bond acceptors (Lipinski definition) is 5. The molecule has 132 valence electrons. The maximum Gasteiger partial charge on any atom is 0.139 e. The van der Waals surface area contributed by atoms with Gasteiger partial charge in [-0.15, -0.1) is 11.3 Å². The number of benzene rings is 1. The SMILES string of the molecule is CCCN1CCN(C2=Nc3cc(Cl)ccc3N(C)c3cscc32)CC1. The third-order valence-electron chi connectivity index (χ3n) is 4.98. The van der Waals surface area contributed by atoms with Crippen LogP contribution < -0.4 is 4.90 Å². The van der Waals surface area contributed by atoms with Crippen LogP contribution in [0.4, 0.5) is 17.1 Å². The first kappa shape index (κ1) is 16.9. The van der Waals surface area contributed by atoms with Crippen LogP contribution in [0.1, 0.15) is 18.9 Å². The molecule has 25 heavy (non-hydrogen) atoms. The van der Waals surface area contributed by atoms with Crippen LogP contribution in [0.2, 0.25) is 5.02 Å². The lowest BCUT2D eigenvalue weighted by Gasteiger charge is -2.36. The molecule has 2 aliphatic rings. The number of piperazine rings is 1. The molecule has 2 aliphatic heterocycles. The van der Waals surface area contributed by atoms with Crippen LogP contribution in [0.3, 0.4) is 0 Å². The largest absolute Gasteiger partial charge is 0.353 e. The Kier molecular flexibility index (Phi) is 4.71. The molecule has 1 saturated heterocycles. The first-order valence-electron chi connectivity index (χ1n) is 8.83. The second-order valence-electron chi connectivity index (χ2n) is 6.63. The average Bonchev–Trinajstić information content (AvgIpc) is 3.06. The zero-order valence-corrected chi connectivity index (χ0v) is 16.3. The summed E-state index contributed by atoms with van der Waals surface area (Å²) in [6.07, 6.45) is 1.21. The lowest BCUT2D eigenvalue weighted by Crippen LogP contribution is -2.49. The van der Waals surface area contributed by atoms with E-state index in [0.29, 0.717) is 0 Å². The van der Waals surface area contributed by atoms with Gasteiger partial charge >= 0.3 is 0 Å². The Morgan fingerprint density at radius 2 is 1.92 bits per heavy atom. The van der Waals surface area contributed by atoms with Gasteiger partial charge in [0.15, 0.2) is 0 Å². The molecule has 0 saturated carbocycles. The zero-order valence-electron chi connectivity index (χ0n) is 14.7. The second kappa shape index (κ2) is 6.98. The molecule has 0 amide bonds. The van der Waals surface area contributed by atoms with Crippen molar-refractivity contribution in [3.8, 4) is 0 Å². The molecule has 0 aliphatic carbocycles. The number of anilines is 2. The minimum absolute atomic E-state index is 0.729. The normalized spacial score (nSPS) is 17.8. The highest BCUT2D eigenvalue weighted by Crippen LogP contribution is 2.41. The summed E-state index contributed by atoms with van der Waals surface area (Å²) in [5, 5.41) is 5.16. The van der Waals surface area contributed by atoms with Gasteiger partial charge in [-0.3, -0.25) is 4.90 Å². The van der Waals surface area contributed by atoms with Gasteiger partial charge in [0, 0.05) is 49.0 Å². The lowest BCUT2D eigenvalue weighted by molar-refractivity contribution is 0.183. The van der Waals surface area contributed by atoms with E-state index in [-0.39, 0.29) is 0 Å². The summed E-state index contributed by atoms with van der Waals surface area (Å²) in [7, 11) is 2.11. The highest BCUT2D eigenvalue weighted by Gasteiger charge is 2.27. The van der Waals surface area contributed by atoms with Crippen LogP contribution in [0.15, 0.2) is 34.0 Å². The van der Waals surface area contributed by atoms with Crippen molar-refractivity contribution in [2.45, 2.75) is 13.3 Å². The topological polar surface area (TPSA) is 22.1 Å². The second-order valence-corrected chi connectivity index (χ2v) is 7.81. The number of rotatable bonds is 2. The summed E-state index contributed by atoms with van der Waals surface area (Å²) in [6, 6.07) is 5.97. The quantitative estimate of drug-likeness (QED) is 0.767. The number of amidine groups is 1. The molecule has 0 N–H and O–H groups in total. The van der Waals surface area contributed by atoms with Crippen LogP contribution in [-0.4, -0.2) is 55.4 Å². The van der Waals surface area contributed by atoms with Gasteiger partial charge in [0.1, 0.15) is 5.84 Å². The molecule has 2 aromatic rings. The Morgan fingerprint density at radius 3 is 2.68 bits per heavy atom. The van der Waals surface area contributed by atoms with Gasteiger partial charge in [0.05, 0.1) is 22.6 Å². The predicted molar refractivity (Wildman–Crippen MR) is 108 cm³/mol. The van der Waals surface area contributed by atoms with Crippen molar-refractivity contribution in [3.63, 3.8) is 0 Å². The molecule has 0 unspecified atom stereocenters. The molecule has 0 radical (unpaired) electrons. The van der Waals surface area contributed by atoms with Crippen molar-refractivity contribution in [2.24, 2.45) is 4.99 Å². The average molecular weight is 375 g/mol. The van der Waals surface area contributed by atoms with Crippen molar-refractivity contribution in [3.05, 3.63) is 39.5 Å². The van der Waals surface area contributed by atoms with Gasteiger partial charge in [-0.05, 0) is 31.2 Å². The van der Waals surface area contributed by atoms with E-state index in [0.717, 1.165) is 48.4 Å². The van der Waals surface area contributed by atoms with Gasteiger partial charge in [-0.25, -0.2) is 4.99 Å². The standard InChI is InChI=1S/C19H23ClN4S/c1-3-6-23-7-9-24(10-8-23)19-15-12-25-13-18(15)22(2)17-5-4-14(20)11-16(17)21-19/h4-5,11-13H,3,6-10H2,1-2H3. The third kappa shape index (κ3) is 3.16. The summed E-state index contributed by atoms with van der Waals surface area (Å²) in [6.45, 7) is 7.68. The van der Waals surface area contributed by atoms with Crippen LogP contribution in [0.5, 0.6) is 0 Å². The monoisotopic (exact) mass is 374 g/mol. The molecule has 1 fully saturated rings. The van der Waals surface area contributed by atoms with Gasteiger partial charge < -0.3 is 9.80 Å². The molecular weight excluding hydrogens is 352 g/mol. The Labute approximate surface area is 158 Å². The highest BCUT2D eigenvalue weighted by atomic mass is 35.5. The summed E-state index contributed by atoms with van der Waals surface area (Å²) in [4.78, 5) is 12.3. The molecule has 0 atom stereocenters. The fraction of sp³-hybridized carbons (Fsp3) is 0.421. The van der Waals surface area contributed by atoms with Crippen LogP contribution in [0, 0.1) is 0 Å². The number of hydrogen-bond donors (Lipinski definition) is 0. The zero-order chi connectivity index (χ0) is 17.4. The number of fused-ring (bicyclic) bond motifs is 2. The first-order chi connectivity index (χ1) is 12.2. The van der Waals surface area contributed by atoms with E-state index in [9.17, 15) is 0 Å². The van der Waals surface area contributed by atoms with Gasteiger partial charge in [0.2, 0.25) is 0 Å². The molecule has 4 rings (SSSR count). The van der Waals surface area contributed by atoms with E-state index in [1.54, 1.807) is 11.3 Å². The minimum Gasteiger partial charge on any atom is -0.353 e. The van der Waals surface area contributed by atoms with E-state index in [2.05, 4.69) is 45.5 Å². The third-order valence-corrected chi connectivity index (χ3v) is 5.95.